The molecule has 0 saturated heterocycles. The number of nitrogens with one attached hydrogen (secondary N) is 2. The second-order valence-corrected chi connectivity index (χ2v) is 5.19. The number of benzene rings is 1. The van der Waals surface area contributed by atoms with Gasteiger partial charge in [-0.3, -0.25) is 0 Å². The van der Waals surface area contributed by atoms with Crippen LogP contribution in [0.2, 0.25) is 0 Å². The maximum atomic E-state index is 13.4. The minimum Gasteiger partial charge on any atom is -0.360 e. The second kappa shape index (κ2) is 5.97. The van der Waals surface area contributed by atoms with E-state index >= 15 is 0 Å². The first-order valence-electron chi connectivity index (χ1n) is 6.20. The standard InChI is InChI=1S/C15H11F2N3S/c16-12-9-19-15(17)7-14(12)20-21-11-6-13(18-8-11)10-4-2-1-3-5-10/h1-9,18H,(H,19,20). The summed E-state index contributed by atoms with van der Waals surface area (Å²) in [4.78, 5) is 7.25. The topological polar surface area (TPSA) is 40.7 Å². The molecule has 3 rings (SSSR count). The molecule has 0 amide bonds. The van der Waals surface area contributed by atoms with Crippen molar-refractivity contribution >= 4 is 17.6 Å². The SMILES string of the molecule is Fc1cc(NSc2c[nH]c(-c3ccccc3)c2)c(F)cn1. The number of hydrogen-bond acceptors (Lipinski definition) is 3. The molecule has 0 aliphatic carbocycles. The van der Waals surface area contributed by atoms with Crippen LogP contribution >= 0.6 is 11.9 Å². The Morgan fingerprint density at radius 1 is 1.10 bits per heavy atom. The maximum absolute atomic E-state index is 13.4. The van der Waals surface area contributed by atoms with E-state index in [9.17, 15) is 8.78 Å². The summed E-state index contributed by atoms with van der Waals surface area (Å²) in [6.07, 6.45) is 2.65. The van der Waals surface area contributed by atoms with Gasteiger partial charge in [0.25, 0.3) is 0 Å². The molecule has 0 atom stereocenters. The quantitative estimate of drug-likeness (QED) is 0.552. The van der Waals surface area contributed by atoms with Crippen molar-refractivity contribution in [1.82, 2.24) is 9.97 Å². The van der Waals surface area contributed by atoms with Crippen molar-refractivity contribution < 1.29 is 8.78 Å². The average molecular weight is 303 g/mol. The number of aromatic amines is 1. The molecule has 0 aliphatic heterocycles. The first-order valence-corrected chi connectivity index (χ1v) is 7.02. The summed E-state index contributed by atoms with van der Waals surface area (Å²) in [6, 6.07) is 12.8. The van der Waals surface area contributed by atoms with Gasteiger partial charge >= 0.3 is 0 Å². The molecular formula is C15H11F2N3S. The van der Waals surface area contributed by atoms with Crippen LogP contribution in [0.25, 0.3) is 11.3 Å². The Balaban J connectivity index is 1.72. The van der Waals surface area contributed by atoms with Crippen LogP contribution in [0.3, 0.4) is 0 Å². The maximum Gasteiger partial charge on any atom is 0.215 e. The van der Waals surface area contributed by atoms with E-state index in [1.54, 1.807) is 6.20 Å². The monoisotopic (exact) mass is 303 g/mol. The lowest BCUT2D eigenvalue weighted by Crippen LogP contribution is -1.93. The Morgan fingerprint density at radius 2 is 1.90 bits per heavy atom. The highest BCUT2D eigenvalue weighted by Gasteiger charge is 2.06. The fourth-order valence-corrected chi connectivity index (χ4v) is 2.50. The summed E-state index contributed by atoms with van der Waals surface area (Å²) in [5.74, 6) is -1.32. The largest absolute Gasteiger partial charge is 0.360 e. The van der Waals surface area contributed by atoms with Crippen molar-refractivity contribution in [1.29, 1.82) is 0 Å². The first-order chi connectivity index (χ1) is 10.2. The summed E-state index contributed by atoms with van der Waals surface area (Å²) in [5.41, 5.74) is 2.08. The van der Waals surface area contributed by atoms with Gasteiger partial charge in [0, 0.05) is 22.9 Å². The van der Waals surface area contributed by atoms with Crippen LogP contribution in [-0.4, -0.2) is 9.97 Å². The summed E-state index contributed by atoms with van der Waals surface area (Å²) in [7, 11) is 0. The van der Waals surface area contributed by atoms with Crippen LogP contribution in [0.15, 0.2) is 59.8 Å². The third-order valence-electron chi connectivity index (χ3n) is 2.84. The van der Waals surface area contributed by atoms with Crippen LogP contribution in [0.4, 0.5) is 14.5 Å². The van der Waals surface area contributed by atoms with E-state index in [2.05, 4.69) is 14.7 Å². The Kier molecular flexibility index (Phi) is 3.87. The van der Waals surface area contributed by atoms with Gasteiger partial charge in [-0.15, -0.1) is 0 Å². The lowest BCUT2D eigenvalue weighted by atomic mass is 10.2. The predicted molar refractivity (Wildman–Crippen MR) is 79.9 cm³/mol. The molecule has 2 N–H and O–H groups in total. The van der Waals surface area contributed by atoms with E-state index in [0.717, 1.165) is 28.4 Å². The molecule has 0 aliphatic rings. The van der Waals surface area contributed by atoms with E-state index in [1.807, 2.05) is 36.4 Å². The minimum absolute atomic E-state index is 0.0648. The van der Waals surface area contributed by atoms with Crippen molar-refractivity contribution in [3.63, 3.8) is 0 Å². The van der Waals surface area contributed by atoms with Gasteiger partial charge in [0.15, 0.2) is 5.82 Å². The zero-order valence-electron chi connectivity index (χ0n) is 10.8. The zero-order chi connectivity index (χ0) is 14.7. The number of pyridine rings is 1. The molecule has 2 heterocycles. The molecule has 0 spiro atoms. The van der Waals surface area contributed by atoms with Crippen molar-refractivity contribution in [3.05, 3.63) is 66.6 Å². The fraction of sp³-hybridized carbons (Fsp3) is 0. The highest BCUT2D eigenvalue weighted by Crippen LogP contribution is 2.27. The van der Waals surface area contributed by atoms with Crippen LogP contribution < -0.4 is 4.72 Å². The number of hydrogen-bond donors (Lipinski definition) is 2. The van der Waals surface area contributed by atoms with Gasteiger partial charge < -0.3 is 9.71 Å². The smallest absolute Gasteiger partial charge is 0.215 e. The molecule has 3 nitrogen and oxygen atoms in total. The van der Waals surface area contributed by atoms with Gasteiger partial charge in [-0.25, -0.2) is 9.37 Å². The molecular weight excluding hydrogens is 292 g/mol. The number of aromatic nitrogens is 2. The molecule has 0 unspecified atom stereocenters. The lowest BCUT2D eigenvalue weighted by molar-refractivity contribution is 0.563. The summed E-state index contributed by atoms with van der Waals surface area (Å²) < 4.78 is 29.2. The molecule has 6 heteroatoms. The summed E-state index contributed by atoms with van der Waals surface area (Å²) in [6.45, 7) is 0. The lowest BCUT2D eigenvalue weighted by Gasteiger charge is -2.04. The number of H-pyrrole nitrogens is 1. The van der Waals surface area contributed by atoms with E-state index in [1.165, 1.54) is 11.9 Å². The van der Waals surface area contributed by atoms with Gasteiger partial charge in [0.05, 0.1) is 11.9 Å². The average Bonchev–Trinajstić information content (AvgIpc) is 2.98. The van der Waals surface area contributed by atoms with Crippen LogP contribution in [0.5, 0.6) is 0 Å². The van der Waals surface area contributed by atoms with E-state index < -0.39 is 11.8 Å². The molecule has 0 radical (unpaired) electrons. The number of rotatable bonds is 4. The molecule has 106 valence electrons. The molecule has 3 aromatic rings. The third-order valence-corrected chi connectivity index (χ3v) is 3.64. The van der Waals surface area contributed by atoms with Gasteiger partial charge in [-0.1, -0.05) is 30.3 Å². The summed E-state index contributed by atoms with van der Waals surface area (Å²) in [5, 5.41) is 0. The summed E-state index contributed by atoms with van der Waals surface area (Å²) >= 11 is 1.20. The van der Waals surface area contributed by atoms with Crippen molar-refractivity contribution in [2.75, 3.05) is 4.72 Å². The van der Waals surface area contributed by atoms with Crippen LogP contribution in [-0.2, 0) is 0 Å². The Morgan fingerprint density at radius 3 is 2.71 bits per heavy atom. The molecule has 21 heavy (non-hydrogen) atoms. The van der Waals surface area contributed by atoms with Gasteiger partial charge in [-0.05, 0) is 23.6 Å². The van der Waals surface area contributed by atoms with Gasteiger partial charge in [-0.2, -0.15) is 4.39 Å². The predicted octanol–water partition coefficient (Wildman–Crippen LogP) is 4.47. The van der Waals surface area contributed by atoms with Crippen molar-refractivity contribution in [2.24, 2.45) is 0 Å². The highest BCUT2D eigenvalue weighted by atomic mass is 32.2. The molecule has 0 bridgehead atoms. The Bertz CT molecular complexity index is 744. The normalized spacial score (nSPS) is 10.6. The van der Waals surface area contributed by atoms with Crippen LogP contribution in [0.1, 0.15) is 0 Å². The van der Waals surface area contributed by atoms with Crippen LogP contribution in [0, 0.1) is 11.8 Å². The molecule has 2 aromatic heterocycles. The number of anilines is 1. The molecule has 1 aromatic carbocycles. The number of halogens is 2. The number of nitrogens with zero attached hydrogens (tertiary/aromatic N) is 1. The van der Waals surface area contributed by atoms with Gasteiger partial charge in [0.2, 0.25) is 5.95 Å². The molecule has 0 saturated carbocycles. The fourth-order valence-electron chi connectivity index (χ4n) is 1.82. The van der Waals surface area contributed by atoms with Crippen molar-refractivity contribution in [2.45, 2.75) is 4.90 Å². The van der Waals surface area contributed by atoms with Crippen molar-refractivity contribution in [3.8, 4) is 11.3 Å². The third kappa shape index (κ3) is 3.22. The van der Waals surface area contributed by atoms with Gasteiger partial charge in [0.1, 0.15) is 0 Å². The Hall–Kier alpha value is -2.34. The second-order valence-electron chi connectivity index (χ2n) is 4.31. The first kappa shape index (κ1) is 13.6. The van der Waals surface area contributed by atoms with E-state index in [4.69, 9.17) is 0 Å². The van der Waals surface area contributed by atoms with E-state index in [0.29, 0.717) is 0 Å². The minimum atomic E-state index is -0.724. The molecule has 0 fully saturated rings. The highest BCUT2D eigenvalue weighted by molar-refractivity contribution is 8.00. The Labute approximate surface area is 124 Å². The van der Waals surface area contributed by atoms with E-state index in [-0.39, 0.29) is 5.69 Å². The zero-order valence-corrected chi connectivity index (χ0v) is 11.6.